The number of esters is 1. The Bertz CT molecular complexity index is 799. The molecule has 10 nitrogen and oxygen atoms in total. The molecular weight excluding hydrogens is 364 g/mol. The Morgan fingerprint density at radius 2 is 2.04 bits per heavy atom. The van der Waals surface area contributed by atoms with E-state index in [9.17, 15) is 9.59 Å². The molecule has 1 N–H and O–H groups in total. The Morgan fingerprint density at radius 3 is 2.64 bits per heavy atom. The summed E-state index contributed by atoms with van der Waals surface area (Å²) in [5, 5.41) is 6.64. The van der Waals surface area contributed by atoms with E-state index in [2.05, 4.69) is 25.3 Å². The summed E-state index contributed by atoms with van der Waals surface area (Å²) in [6.07, 6.45) is 1.89. The fourth-order valence-corrected chi connectivity index (χ4v) is 2.88. The maximum absolute atomic E-state index is 12.2. The Labute approximate surface area is 162 Å². The van der Waals surface area contributed by atoms with Crippen LogP contribution in [0.2, 0.25) is 0 Å². The van der Waals surface area contributed by atoms with Gasteiger partial charge in [0, 0.05) is 51.4 Å². The normalized spacial score (nSPS) is 14.1. The SMILES string of the molecule is CCOC(=O)CCNC(=O)N1CCN(c2ccc(-c3noc(C)n3)cn2)CC1. The van der Waals surface area contributed by atoms with Gasteiger partial charge in [-0.05, 0) is 19.1 Å². The standard InChI is InChI=1S/C18H24N6O4/c1-3-27-16(25)6-7-19-18(26)24-10-8-23(9-11-24)15-5-4-14(12-20-15)17-21-13(2)28-22-17/h4-5,12H,3,6-11H2,1-2H3,(H,19,26). The zero-order valence-corrected chi connectivity index (χ0v) is 16.1. The van der Waals surface area contributed by atoms with Gasteiger partial charge in [-0.3, -0.25) is 4.79 Å². The van der Waals surface area contributed by atoms with Gasteiger partial charge in [-0.15, -0.1) is 0 Å². The summed E-state index contributed by atoms with van der Waals surface area (Å²) in [4.78, 5) is 36.0. The minimum Gasteiger partial charge on any atom is -0.466 e. The lowest BCUT2D eigenvalue weighted by molar-refractivity contribution is -0.142. The van der Waals surface area contributed by atoms with E-state index in [0.29, 0.717) is 44.5 Å². The molecule has 1 aliphatic rings. The lowest BCUT2D eigenvalue weighted by Gasteiger charge is -2.35. The molecule has 2 aromatic heterocycles. The molecule has 1 aliphatic heterocycles. The van der Waals surface area contributed by atoms with Gasteiger partial charge in [-0.25, -0.2) is 9.78 Å². The van der Waals surface area contributed by atoms with Crippen molar-refractivity contribution in [3.05, 3.63) is 24.2 Å². The number of urea groups is 1. The number of rotatable bonds is 6. The van der Waals surface area contributed by atoms with Crippen molar-refractivity contribution in [1.82, 2.24) is 25.3 Å². The van der Waals surface area contributed by atoms with Crippen molar-refractivity contribution in [3.8, 4) is 11.4 Å². The van der Waals surface area contributed by atoms with Gasteiger partial charge in [0.25, 0.3) is 0 Å². The van der Waals surface area contributed by atoms with Gasteiger partial charge >= 0.3 is 12.0 Å². The molecular formula is C18H24N6O4. The minimum atomic E-state index is -0.307. The van der Waals surface area contributed by atoms with Crippen LogP contribution in [0.4, 0.5) is 10.6 Å². The highest BCUT2D eigenvalue weighted by molar-refractivity contribution is 5.76. The molecule has 0 saturated carbocycles. The number of aryl methyl sites for hydroxylation is 1. The molecule has 0 aromatic carbocycles. The first-order valence-electron chi connectivity index (χ1n) is 9.27. The number of pyridine rings is 1. The van der Waals surface area contributed by atoms with Gasteiger partial charge in [0.05, 0.1) is 13.0 Å². The highest BCUT2D eigenvalue weighted by Crippen LogP contribution is 2.19. The molecule has 2 aromatic rings. The van der Waals surface area contributed by atoms with E-state index in [-0.39, 0.29) is 25.0 Å². The van der Waals surface area contributed by atoms with Crippen molar-refractivity contribution in [3.63, 3.8) is 0 Å². The lowest BCUT2D eigenvalue weighted by atomic mass is 10.2. The molecule has 28 heavy (non-hydrogen) atoms. The average Bonchev–Trinajstić information content (AvgIpc) is 3.15. The third-order valence-electron chi connectivity index (χ3n) is 4.34. The van der Waals surface area contributed by atoms with Crippen molar-refractivity contribution in [1.29, 1.82) is 0 Å². The Hall–Kier alpha value is -3.17. The van der Waals surface area contributed by atoms with Crippen LogP contribution in [0.25, 0.3) is 11.4 Å². The predicted octanol–water partition coefficient (Wildman–Crippen LogP) is 1.22. The average molecular weight is 388 g/mol. The third-order valence-corrected chi connectivity index (χ3v) is 4.34. The number of hydrogen-bond donors (Lipinski definition) is 1. The second-order valence-corrected chi connectivity index (χ2v) is 6.30. The number of piperazine rings is 1. The molecule has 1 fully saturated rings. The summed E-state index contributed by atoms with van der Waals surface area (Å²) in [6.45, 7) is 6.64. The van der Waals surface area contributed by atoms with Gasteiger partial charge in [0.2, 0.25) is 11.7 Å². The maximum atomic E-state index is 12.2. The number of anilines is 1. The van der Waals surface area contributed by atoms with Crippen LogP contribution in [0, 0.1) is 6.92 Å². The zero-order chi connectivity index (χ0) is 19.9. The molecule has 0 unspecified atom stereocenters. The fraction of sp³-hybridized carbons (Fsp3) is 0.500. The van der Waals surface area contributed by atoms with Crippen LogP contribution >= 0.6 is 0 Å². The largest absolute Gasteiger partial charge is 0.466 e. The molecule has 0 atom stereocenters. The number of carbonyl (C=O) groups is 2. The summed E-state index contributed by atoms with van der Waals surface area (Å²) in [5.74, 6) is 1.56. The van der Waals surface area contributed by atoms with Gasteiger partial charge in [0.1, 0.15) is 5.82 Å². The number of carbonyl (C=O) groups excluding carboxylic acids is 2. The number of nitrogens with zero attached hydrogens (tertiary/aromatic N) is 5. The van der Waals surface area contributed by atoms with E-state index in [1.807, 2.05) is 12.1 Å². The first-order chi connectivity index (χ1) is 13.6. The molecule has 0 radical (unpaired) electrons. The highest BCUT2D eigenvalue weighted by Gasteiger charge is 2.22. The summed E-state index contributed by atoms with van der Waals surface area (Å²) in [5.41, 5.74) is 0.792. The molecule has 150 valence electrons. The van der Waals surface area contributed by atoms with Crippen LogP contribution in [0.15, 0.2) is 22.9 Å². The first kappa shape index (κ1) is 19.6. The van der Waals surface area contributed by atoms with Crippen LogP contribution < -0.4 is 10.2 Å². The van der Waals surface area contributed by atoms with Crippen LogP contribution in [-0.2, 0) is 9.53 Å². The second-order valence-electron chi connectivity index (χ2n) is 6.30. The molecule has 2 amide bonds. The van der Waals surface area contributed by atoms with Crippen LogP contribution in [0.3, 0.4) is 0 Å². The first-order valence-corrected chi connectivity index (χ1v) is 9.27. The van der Waals surface area contributed by atoms with Crippen molar-refractivity contribution < 1.29 is 18.8 Å². The fourth-order valence-electron chi connectivity index (χ4n) is 2.88. The number of amides is 2. The van der Waals surface area contributed by atoms with E-state index in [0.717, 1.165) is 11.4 Å². The predicted molar refractivity (Wildman–Crippen MR) is 101 cm³/mol. The Morgan fingerprint density at radius 1 is 1.25 bits per heavy atom. The smallest absolute Gasteiger partial charge is 0.317 e. The number of nitrogens with one attached hydrogen (secondary N) is 1. The van der Waals surface area contributed by atoms with E-state index < -0.39 is 0 Å². The second kappa shape index (κ2) is 9.16. The molecule has 3 rings (SSSR count). The van der Waals surface area contributed by atoms with Crippen LogP contribution in [0.1, 0.15) is 19.2 Å². The Balaban J connectivity index is 1.46. The maximum Gasteiger partial charge on any atom is 0.317 e. The van der Waals surface area contributed by atoms with Gasteiger partial charge in [-0.1, -0.05) is 5.16 Å². The summed E-state index contributed by atoms with van der Waals surface area (Å²) < 4.78 is 9.82. The van der Waals surface area contributed by atoms with Gasteiger partial charge in [0.15, 0.2) is 0 Å². The van der Waals surface area contributed by atoms with Crippen LogP contribution in [-0.4, -0.2) is 71.4 Å². The van der Waals surface area contributed by atoms with E-state index in [1.165, 1.54) is 0 Å². The number of ether oxygens (including phenoxy) is 1. The third kappa shape index (κ3) is 4.96. The minimum absolute atomic E-state index is 0.167. The summed E-state index contributed by atoms with van der Waals surface area (Å²) >= 11 is 0. The van der Waals surface area contributed by atoms with Crippen molar-refractivity contribution in [2.75, 3.05) is 44.2 Å². The number of hydrogen-bond acceptors (Lipinski definition) is 8. The Kier molecular flexibility index (Phi) is 6.41. The van der Waals surface area contributed by atoms with Crippen molar-refractivity contribution in [2.24, 2.45) is 0 Å². The highest BCUT2D eigenvalue weighted by atomic mass is 16.5. The van der Waals surface area contributed by atoms with Crippen molar-refractivity contribution in [2.45, 2.75) is 20.3 Å². The monoisotopic (exact) mass is 388 g/mol. The van der Waals surface area contributed by atoms with Gasteiger partial charge < -0.3 is 24.4 Å². The van der Waals surface area contributed by atoms with E-state index in [1.54, 1.807) is 24.9 Å². The molecule has 0 spiro atoms. The topological polar surface area (TPSA) is 114 Å². The summed E-state index contributed by atoms with van der Waals surface area (Å²) in [7, 11) is 0. The number of aromatic nitrogens is 3. The van der Waals surface area contributed by atoms with Crippen LogP contribution in [0.5, 0.6) is 0 Å². The molecule has 0 aliphatic carbocycles. The quantitative estimate of drug-likeness (QED) is 0.735. The molecule has 1 saturated heterocycles. The summed E-state index contributed by atoms with van der Waals surface area (Å²) in [6, 6.07) is 3.65. The van der Waals surface area contributed by atoms with E-state index in [4.69, 9.17) is 9.26 Å². The molecule has 3 heterocycles. The molecule has 10 heteroatoms. The van der Waals surface area contributed by atoms with Crippen molar-refractivity contribution >= 4 is 17.8 Å². The zero-order valence-electron chi connectivity index (χ0n) is 16.1. The molecule has 0 bridgehead atoms. The lowest BCUT2D eigenvalue weighted by Crippen LogP contribution is -2.52. The van der Waals surface area contributed by atoms with E-state index >= 15 is 0 Å². The van der Waals surface area contributed by atoms with Gasteiger partial charge in [-0.2, -0.15) is 4.98 Å².